The van der Waals surface area contributed by atoms with Gasteiger partial charge in [-0.05, 0) is 12.5 Å². The zero-order valence-corrected chi connectivity index (χ0v) is 9.25. The van der Waals surface area contributed by atoms with Crippen molar-refractivity contribution >= 4 is 5.97 Å². The fraction of sp³-hybridized carbons (Fsp3) is 0.417. The largest absolute Gasteiger partial charge is 0.466 e. The van der Waals surface area contributed by atoms with Gasteiger partial charge in [0.2, 0.25) is 6.79 Å². The quantitative estimate of drug-likeness (QED) is 0.541. The van der Waals surface area contributed by atoms with Gasteiger partial charge in [-0.2, -0.15) is 0 Å². The molecule has 0 unspecified atom stereocenters. The van der Waals surface area contributed by atoms with Gasteiger partial charge in [-0.15, -0.1) is 0 Å². The second kappa shape index (κ2) is 4.43. The molecule has 4 nitrogen and oxygen atoms in total. The number of allylic oxidation sites excluding steroid dienone is 3. The average molecular weight is 222 g/mol. The fourth-order valence-electron chi connectivity index (χ4n) is 1.79. The lowest BCUT2D eigenvalue weighted by atomic mass is 9.96. The third-order valence-corrected chi connectivity index (χ3v) is 2.65. The summed E-state index contributed by atoms with van der Waals surface area (Å²) in [4.78, 5) is 11.2. The van der Waals surface area contributed by atoms with Crippen molar-refractivity contribution < 1.29 is 19.0 Å². The summed E-state index contributed by atoms with van der Waals surface area (Å²) < 4.78 is 15.2. The Balaban J connectivity index is 2.01. The highest BCUT2D eigenvalue weighted by Gasteiger charge is 2.22. The Kier molecular flexibility index (Phi) is 2.99. The topological polar surface area (TPSA) is 44.8 Å². The Labute approximate surface area is 94.2 Å². The van der Waals surface area contributed by atoms with E-state index in [9.17, 15) is 4.79 Å². The number of carbonyl (C=O) groups excluding carboxylic acids is 1. The molecule has 2 aliphatic rings. The van der Waals surface area contributed by atoms with Crippen LogP contribution in [0.1, 0.15) is 19.3 Å². The molecule has 0 amide bonds. The van der Waals surface area contributed by atoms with Crippen LogP contribution in [0, 0.1) is 0 Å². The van der Waals surface area contributed by atoms with Gasteiger partial charge in [-0.25, -0.2) is 4.79 Å². The number of methoxy groups -OCH3 is 1. The van der Waals surface area contributed by atoms with E-state index in [4.69, 9.17) is 9.47 Å². The van der Waals surface area contributed by atoms with Crippen molar-refractivity contribution in [3.63, 3.8) is 0 Å². The van der Waals surface area contributed by atoms with Gasteiger partial charge in [0.1, 0.15) is 5.76 Å². The molecule has 0 atom stereocenters. The van der Waals surface area contributed by atoms with Gasteiger partial charge in [0, 0.05) is 18.4 Å². The number of rotatable bonds is 3. The van der Waals surface area contributed by atoms with Crippen LogP contribution < -0.4 is 0 Å². The first-order valence-electron chi connectivity index (χ1n) is 5.15. The fourth-order valence-corrected chi connectivity index (χ4v) is 1.79. The van der Waals surface area contributed by atoms with Gasteiger partial charge in [0.05, 0.1) is 7.11 Å². The van der Waals surface area contributed by atoms with E-state index in [1.54, 1.807) is 0 Å². The van der Waals surface area contributed by atoms with Gasteiger partial charge in [-0.1, -0.05) is 12.2 Å². The van der Waals surface area contributed by atoms with Crippen molar-refractivity contribution in [2.24, 2.45) is 0 Å². The van der Waals surface area contributed by atoms with E-state index >= 15 is 0 Å². The van der Waals surface area contributed by atoms with Crippen molar-refractivity contribution in [3.05, 3.63) is 35.3 Å². The van der Waals surface area contributed by atoms with Crippen molar-refractivity contribution in [1.82, 2.24) is 0 Å². The molecule has 0 bridgehead atoms. The Morgan fingerprint density at radius 3 is 3.06 bits per heavy atom. The van der Waals surface area contributed by atoms with Crippen LogP contribution in [0.15, 0.2) is 35.3 Å². The molecule has 16 heavy (non-hydrogen) atoms. The van der Waals surface area contributed by atoms with E-state index in [2.05, 4.69) is 11.3 Å². The lowest BCUT2D eigenvalue weighted by molar-refractivity contribution is -0.136. The number of esters is 1. The van der Waals surface area contributed by atoms with E-state index < -0.39 is 0 Å². The second-order valence-electron chi connectivity index (χ2n) is 3.77. The predicted octanol–water partition coefficient (Wildman–Crippen LogP) is 2.04. The van der Waals surface area contributed by atoms with Crippen molar-refractivity contribution in [2.75, 3.05) is 13.9 Å². The van der Waals surface area contributed by atoms with Gasteiger partial charge in [0.25, 0.3) is 0 Å². The number of hydrogen-bond acceptors (Lipinski definition) is 4. The summed E-state index contributed by atoms with van der Waals surface area (Å²) >= 11 is 0. The summed E-state index contributed by atoms with van der Waals surface area (Å²) in [5, 5.41) is 0. The maximum absolute atomic E-state index is 11.2. The zero-order valence-electron chi connectivity index (χ0n) is 9.25. The lowest BCUT2D eigenvalue weighted by Gasteiger charge is -2.13. The Bertz CT molecular complexity index is 390. The maximum atomic E-state index is 11.2. The molecule has 0 aromatic heterocycles. The van der Waals surface area contributed by atoms with Gasteiger partial charge >= 0.3 is 5.97 Å². The van der Waals surface area contributed by atoms with E-state index in [0.29, 0.717) is 18.8 Å². The number of hydrogen-bond donors (Lipinski definition) is 0. The van der Waals surface area contributed by atoms with Crippen LogP contribution in [0.2, 0.25) is 0 Å². The molecular formula is C12H14O4. The van der Waals surface area contributed by atoms with Crippen LogP contribution >= 0.6 is 0 Å². The standard InChI is InChI=1S/C12H14O4/c1-8(12(13)14-2)5-9-3-4-10-11(6-9)16-7-15-10/h6H,1,3-5,7H2,2H3. The molecule has 1 aliphatic heterocycles. The molecule has 2 rings (SSSR count). The van der Waals surface area contributed by atoms with Crippen LogP contribution in [0.5, 0.6) is 0 Å². The van der Waals surface area contributed by atoms with Crippen molar-refractivity contribution in [3.8, 4) is 0 Å². The first-order chi connectivity index (χ1) is 7.70. The summed E-state index contributed by atoms with van der Waals surface area (Å²) in [6, 6.07) is 0. The summed E-state index contributed by atoms with van der Waals surface area (Å²) in [7, 11) is 1.36. The molecule has 0 saturated heterocycles. The number of carbonyl (C=O) groups is 1. The normalized spacial score (nSPS) is 18.2. The van der Waals surface area contributed by atoms with E-state index in [-0.39, 0.29) is 5.97 Å². The average Bonchev–Trinajstić information content (AvgIpc) is 2.75. The van der Waals surface area contributed by atoms with Crippen molar-refractivity contribution in [1.29, 1.82) is 0 Å². The Hall–Kier alpha value is -1.71. The second-order valence-corrected chi connectivity index (χ2v) is 3.77. The highest BCUT2D eigenvalue weighted by atomic mass is 16.7. The highest BCUT2D eigenvalue weighted by molar-refractivity contribution is 5.88. The summed E-state index contributed by atoms with van der Waals surface area (Å²) in [6.45, 7) is 4.00. The van der Waals surface area contributed by atoms with Crippen LogP contribution in [0.25, 0.3) is 0 Å². The molecule has 1 heterocycles. The van der Waals surface area contributed by atoms with Gasteiger partial charge in [-0.3, -0.25) is 0 Å². The minimum atomic E-state index is -0.357. The summed E-state index contributed by atoms with van der Waals surface area (Å²) in [6.07, 6.45) is 4.17. The molecule has 0 spiro atoms. The van der Waals surface area contributed by atoms with Gasteiger partial charge in [0.15, 0.2) is 5.76 Å². The minimum absolute atomic E-state index is 0.298. The number of ether oxygens (including phenoxy) is 3. The molecule has 86 valence electrons. The molecule has 0 fully saturated rings. The first kappa shape index (κ1) is 10.8. The van der Waals surface area contributed by atoms with E-state index in [1.807, 2.05) is 6.08 Å². The first-order valence-corrected chi connectivity index (χ1v) is 5.15. The monoisotopic (exact) mass is 222 g/mol. The minimum Gasteiger partial charge on any atom is -0.466 e. The highest BCUT2D eigenvalue weighted by Crippen LogP contribution is 2.32. The van der Waals surface area contributed by atoms with Crippen LogP contribution in [-0.4, -0.2) is 19.9 Å². The molecule has 0 aromatic rings. The SMILES string of the molecule is C=C(CC1=CC2=C(CC1)OCO2)C(=O)OC. The molecule has 0 radical (unpaired) electrons. The van der Waals surface area contributed by atoms with E-state index in [0.717, 1.165) is 29.9 Å². The lowest BCUT2D eigenvalue weighted by Crippen LogP contribution is -2.06. The maximum Gasteiger partial charge on any atom is 0.333 e. The molecule has 0 N–H and O–H groups in total. The third-order valence-electron chi connectivity index (χ3n) is 2.65. The third kappa shape index (κ3) is 2.10. The van der Waals surface area contributed by atoms with E-state index in [1.165, 1.54) is 7.11 Å². The zero-order chi connectivity index (χ0) is 11.5. The Morgan fingerprint density at radius 1 is 1.50 bits per heavy atom. The molecule has 1 aliphatic carbocycles. The van der Waals surface area contributed by atoms with Crippen LogP contribution in [-0.2, 0) is 19.0 Å². The molecular weight excluding hydrogens is 208 g/mol. The smallest absolute Gasteiger partial charge is 0.333 e. The van der Waals surface area contributed by atoms with Gasteiger partial charge < -0.3 is 14.2 Å². The molecule has 0 saturated carbocycles. The predicted molar refractivity (Wildman–Crippen MR) is 57.2 cm³/mol. The van der Waals surface area contributed by atoms with Crippen molar-refractivity contribution in [2.45, 2.75) is 19.3 Å². The molecule has 0 aromatic carbocycles. The van der Waals surface area contributed by atoms with Crippen LogP contribution in [0.3, 0.4) is 0 Å². The Morgan fingerprint density at radius 2 is 2.31 bits per heavy atom. The van der Waals surface area contributed by atoms with Crippen LogP contribution in [0.4, 0.5) is 0 Å². The summed E-state index contributed by atoms with van der Waals surface area (Å²) in [5.41, 5.74) is 1.59. The molecule has 4 heteroatoms. The summed E-state index contributed by atoms with van der Waals surface area (Å²) in [5.74, 6) is 1.34.